The number of nitrogens with zero attached hydrogens (tertiary/aromatic N) is 2. The van der Waals surface area contributed by atoms with Gasteiger partial charge in [0.15, 0.2) is 0 Å². The summed E-state index contributed by atoms with van der Waals surface area (Å²) < 4.78 is 0. The van der Waals surface area contributed by atoms with Crippen LogP contribution in [0.5, 0.6) is 0 Å². The van der Waals surface area contributed by atoms with Crippen molar-refractivity contribution in [1.82, 2.24) is 9.80 Å². The summed E-state index contributed by atoms with van der Waals surface area (Å²) in [5, 5.41) is 0. The van der Waals surface area contributed by atoms with Crippen LogP contribution in [0.15, 0.2) is 12.4 Å². The van der Waals surface area contributed by atoms with E-state index in [1.165, 1.54) is 116 Å². The van der Waals surface area contributed by atoms with E-state index in [0.717, 1.165) is 6.54 Å². The minimum absolute atomic E-state index is 0.639. The Hall–Kier alpha value is -0.660. The van der Waals surface area contributed by atoms with Crippen molar-refractivity contribution in [1.29, 1.82) is 0 Å². The molecule has 27 heavy (non-hydrogen) atoms. The van der Waals surface area contributed by atoms with Gasteiger partial charge in [-0.05, 0) is 26.2 Å². The van der Waals surface area contributed by atoms with E-state index in [9.17, 15) is 0 Å². The van der Waals surface area contributed by atoms with Gasteiger partial charge in [0.1, 0.15) is 6.17 Å². The Bertz CT molecular complexity index is 339. The highest BCUT2D eigenvalue weighted by atomic mass is 15.4. The fourth-order valence-corrected chi connectivity index (χ4v) is 4.32. The summed E-state index contributed by atoms with van der Waals surface area (Å²) >= 11 is 0. The lowest BCUT2D eigenvalue weighted by Crippen LogP contribution is -2.38. The van der Waals surface area contributed by atoms with Gasteiger partial charge < -0.3 is 9.80 Å². The summed E-state index contributed by atoms with van der Waals surface area (Å²) in [5.41, 5.74) is 0. The number of hydrogen-bond acceptors (Lipinski definition) is 2. The summed E-state index contributed by atoms with van der Waals surface area (Å²) in [6.45, 7) is 9.29. The van der Waals surface area contributed by atoms with Crippen molar-refractivity contribution in [3.8, 4) is 0 Å². The molecule has 0 aliphatic carbocycles. The first kappa shape index (κ1) is 24.4. The van der Waals surface area contributed by atoms with Gasteiger partial charge >= 0.3 is 0 Å². The predicted molar refractivity (Wildman–Crippen MR) is 122 cm³/mol. The smallest absolute Gasteiger partial charge is 0.101 e. The largest absolute Gasteiger partial charge is 0.356 e. The minimum atomic E-state index is 0.639. The fraction of sp³-hybridized carbons (Fsp3) is 0.920. The normalized spacial score (nSPS) is 16.6. The van der Waals surface area contributed by atoms with Crippen molar-refractivity contribution in [2.24, 2.45) is 0 Å². The lowest BCUT2D eigenvalue weighted by Gasteiger charge is -2.32. The molecule has 0 radical (unpaired) electrons. The molecule has 1 heterocycles. The van der Waals surface area contributed by atoms with Crippen molar-refractivity contribution >= 4 is 0 Å². The van der Waals surface area contributed by atoms with Crippen molar-refractivity contribution in [3.63, 3.8) is 0 Å². The lowest BCUT2D eigenvalue weighted by molar-refractivity contribution is 0.142. The molecule has 1 rings (SSSR count). The molecule has 1 aliphatic heterocycles. The molecule has 0 fully saturated rings. The third-order valence-electron chi connectivity index (χ3n) is 6.17. The van der Waals surface area contributed by atoms with Crippen molar-refractivity contribution in [2.75, 3.05) is 13.1 Å². The molecule has 0 N–H and O–H groups in total. The predicted octanol–water partition coefficient (Wildman–Crippen LogP) is 8.09. The molecule has 2 nitrogen and oxygen atoms in total. The molecule has 0 saturated heterocycles. The first-order valence-electron chi connectivity index (χ1n) is 12.5. The van der Waals surface area contributed by atoms with E-state index in [-0.39, 0.29) is 0 Å². The van der Waals surface area contributed by atoms with Crippen molar-refractivity contribution in [2.45, 2.75) is 136 Å². The van der Waals surface area contributed by atoms with E-state index >= 15 is 0 Å². The van der Waals surface area contributed by atoms with Gasteiger partial charge in [-0.25, -0.2) is 0 Å². The molecule has 0 bridgehead atoms. The van der Waals surface area contributed by atoms with Gasteiger partial charge in [0.25, 0.3) is 0 Å². The molecule has 0 saturated carbocycles. The van der Waals surface area contributed by atoms with Gasteiger partial charge in [0, 0.05) is 25.5 Å². The summed E-state index contributed by atoms with van der Waals surface area (Å²) in [6.07, 6.45) is 29.4. The van der Waals surface area contributed by atoms with E-state index < -0.39 is 0 Å². The Morgan fingerprint density at radius 2 is 0.963 bits per heavy atom. The highest BCUT2D eigenvalue weighted by Gasteiger charge is 2.23. The molecule has 1 atom stereocenters. The zero-order chi connectivity index (χ0) is 19.6. The van der Waals surface area contributed by atoms with Crippen molar-refractivity contribution < 1.29 is 0 Å². The van der Waals surface area contributed by atoms with Crippen LogP contribution >= 0.6 is 0 Å². The van der Waals surface area contributed by atoms with Crippen LogP contribution in [0.2, 0.25) is 0 Å². The van der Waals surface area contributed by atoms with Crippen molar-refractivity contribution in [3.05, 3.63) is 12.4 Å². The molecule has 1 aliphatic rings. The molecular formula is C25H50N2. The lowest BCUT2D eigenvalue weighted by atomic mass is 10.1. The van der Waals surface area contributed by atoms with Crippen LogP contribution in [0, 0.1) is 0 Å². The number of rotatable bonds is 19. The van der Waals surface area contributed by atoms with E-state index in [0.29, 0.717) is 6.17 Å². The van der Waals surface area contributed by atoms with Gasteiger partial charge in [0.05, 0.1) is 0 Å². The van der Waals surface area contributed by atoms with Gasteiger partial charge in [-0.1, -0.05) is 104 Å². The first-order chi connectivity index (χ1) is 13.3. The highest BCUT2D eigenvalue weighted by Crippen LogP contribution is 2.22. The molecule has 0 aromatic carbocycles. The van der Waals surface area contributed by atoms with Crippen LogP contribution < -0.4 is 0 Å². The number of unbranched alkanes of at least 4 members (excludes halogenated alkanes) is 14. The van der Waals surface area contributed by atoms with Crippen LogP contribution in [-0.4, -0.2) is 29.1 Å². The monoisotopic (exact) mass is 378 g/mol. The second-order valence-electron chi connectivity index (χ2n) is 8.59. The standard InChI is InChI=1S/C25H50N2/c1-4-7-9-11-13-14-15-16-18-20-22-27-24-23-26(6-3)25(27)21-19-17-12-10-8-5-2/h23-25H,4-22H2,1-3H3. The van der Waals surface area contributed by atoms with Gasteiger partial charge in [-0.2, -0.15) is 0 Å². The molecular weight excluding hydrogens is 328 g/mol. The Kier molecular flexibility index (Phi) is 15.7. The van der Waals surface area contributed by atoms with E-state index in [1.54, 1.807) is 0 Å². The van der Waals surface area contributed by atoms with Gasteiger partial charge in [-0.15, -0.1) is 0 Å². The molecule has 0 amide bonds. The van der Waals surface area contributed by atoms with E-state index in [1.807, 2.05) is 0 Å². The Morgan fingerprint density at radius 3 is 1.48 bits per heavy atom. The second kappa shape index (κ2) is 17.4. The van der Waals surface area contributed by atoms with E-state index in [4.69, 9.17) is 0 Å². The maximum atomic E-state index is 2.63. The van der Waals surface area contributed by atoms with E-state index in [2.05, 4.69) is 43.0 Å². The molecule has 2 heteroatoms. The average Bonchev–Trinajstić information content (AvgIpc) is 3.08. The molecule has 0 aromatic rings. The van der Waals surface area contributed by atoms with Gasteiger partial charge in [0.2, 0.25) is 0 Å². The van der Waals surface area contributed by atoms with Gasteiger partial charge in [-0.3, -0.25) is 0 Å². The quantitative estimate of drug-likeness (QED) is 0.209. The highest BCUT2D eigenvalue weighted by molar-refractivity contribution is 4.96. The summed E-state index contributed by atoms with van der Waals surface area (Å²) in [7, 11) is 0. The third-order valence-corrected chi connectivity index (χ3v) is 6.17. The zero-order valence-corrected chi connectivity index (χ0v) is 19.1. The zero-order valence-electron chi connectivity index (χ0n) is 19.1. The SMILES string of the molecule is CCCCCCCCCCCCN1C=CN(CC)C1CCCCCCCC. The van der Waals surface area contributed by atoms with Crippen LogP contribution in [0.3, 0.4) is 0 Å². The third kappa shape index (κ3) is 11.7. The topological polar surface area (TPSA) is 6.48 Å². The molecule has 160 valence electrons. The summed E-state index contributed by atoms with van der Waals surface area (Å²) in [4.78, 5) is 5.17. The average molecular weight is 379 g/mol. The maximum absolute atomic E-state index is 2.63. The molecule has 0 spiro atoms. The Labute approximate surface area is 171 Å². The first-order valence-corrected chi connectivity index (χ1v) is 12.5. The number of hydrogen-bond donors (Lipinski definition) is 0. The summed E-state index contributed by atoms with van der Waals surface area (Å²) in [6, 6.07) is 0. The van der Waals surface area contributed by atoms with Crippen LogP contribution in [-0.2, 0) is 0 Å². The van der Waals surface area contributed by atoms with Crippen LogP contribution in [0.25, 0.3) is 0 Å². The Morgan fingerprint density at radius 1 is 0.519 bits per heavy atom. The molecule has 0 aromatic heterocycles. The Balaban J connectivity index is 2.07. The van der Waals surface area contributed by atoms with Crippen LogP contribution in [0.1, 0.15) is 130 Å². The fourth-order valence-electron chi connectivity index (χ4n) is 4.32. The molecule has 1 unspecified atom stereocenters. The minimum Gasteiger partial charge on any atom is -0.356 e. The maximum Gasteiger partial charge on any atom is 0.101 e. The second-order valence-corrected chi connectivity index (χ2v) is 8.59. The van der Waals surface area contributed by atoms with Crippen LogP contribution in [0.4, 0.5) is 0 Å². The summed E-state index contributed by atoms with van der Waals surface area (Å²) in [5.74, 6) is 0.